The zero-order chi connectivity index (χ0) is 12.4. The first-order valence-corrected chi connectivity index (χ1v) is 6.87. The lowest BCUT2D eigenvalue weighted by molar-refractivity contribution is 0.0316. The van der Waals surface area contributed by atoms with Crippen molar-refractivity contribution in [3.05, 3.63) is 34.9 Å². The van der Waals surface area contributed by atoms with Crippen molar-refractivity contribution < 1.29 is 9.53 Å². The van der Waals surface area contributed by atoms with E-state index in [2.05, 4.69) is 11.4 Å². The van der Waals surface area contributed by atoms with E-state index in [9.17, 15) is 4.79 Å². The van der Waals surface area contributed by atoms with Crippen molar-refractivity contribution in [1.29, 1.82) is 0 Å². The Balaban J connectivity index is 1.80. The predicted molar refractivity (Wildman–Crippen MR) is 69.5 cm³/mol. The van der Waals surface area contributed by atoms with E-state index < -0.39 is 0 Å². The molecule has 0 unspecified atom stereocenters. The number of rotatable bonds is 2. The Morgan fingerprint density at radius 2 is 2.11 bits per heavy atom. The highest BCUT2D eigenvalue weighted by Crippen LogP contribution is 2.24. The molecule has 0 bridgehead atoms. The molecule has 0 spiro atoms. The molecule has 18 heavy (non-hydrogen) atoms. The highest BCUT2D eigenvalue weighted by Gasteiger charge is 2.23. The molecule has 0 atom stereocenters. The molecule has 2 aliphatic rings. The summed E-state index contributed by atoms with van der Waals surface area (Å²) in [4.78, 5) is 12.2. The smallest absolute Gasteiger partial charge is 0.338 e. The van der Waals surface area contributed by atoms with Gasteiger partial charge in [0.25, 0.3) is 0 Å². The van der Waals surface area contributed by atoms with Gasteiger partial charge in [0.1, 0.15) is 6.10 Å². The number of hydrogen-bond donors (Lipinski definition) is 1. The summed E-state index contributed by atoms with van der Waals surface area (Å²) in [7, 11) is 0. The molecule has 1 aliphatic heterocycles. The summed E-state index contributed by atoms with van der Waals surface area (Å²) in [5.74, 6) is -0.124. The number of esters is 1. The predicted octanol–water partition coefficient (Wildman–Crippen LogP) is 2.43. The Kier molecular flexibility index (Phi) is 3.33. The minimum Gasteiger partial charge on any atom is -0.459 e. The maximum atomic E-state index is 12.2. The van der Waals surface area contributed by atoms with Crippen molar-refractivity contribution in [2.24, 2.45) is 0 Å². The third-order valence-corrected chi connectivity index (χ3v) is 3.94. The molecule has 1 N–H and O–H groups in total. The molecule has 1 saturated carbocycles. The molecule has 1 aromatic carbocycles. The van der Waals surface area contributed by atoms with Gasteiger partial charge in [-0.3, -0.25) is 0 Å². The van der Waals surface area contributed by atoms with E-state index in [0.29, 0.717) is 0 Å². The van der Waals surface area contributed by atoms with Crippen LogP contribution in [-0.2, 0) is 17.7 Å². The van der Waals surface area contributed by atoms with Gasteiger partial charge in [0.05, 0.1) is 5.56 Å². The van der Waals surface area contributed by atoms with Crippen LogP contribution >= 0.6 is 0 Å². The lowest BCUT2D eigenvalue weighted by Crippen LogP contribution is -2.26. The van der Waals surface area contributed by atoms with E-state index in [0.717, 1.165) is 37.9 Å². The summed E-state index contributed by atoms with van der Waals surface area (Å²) >= 11 is 0. The van der Waals surface area contributed by atoms with Gasteiger partial charge in [0, 0.05) is 6.54 Å². The van der Waals surface area contributed by atoms with Gasteiger partial charge in [-0.05, 0) is 55.8 Å². The first-order valence-electron chi connectivity index (χ1n) is 6.87. The number of benzene rings is 1. The van der Waals surface area contributed by atoms with Gasteiger partial charge in [0.15, 0.2) is 0 Å². The molecule has 1 aromatic rings. The van der Waals surface area contributed by atoms with Crippen molar-refractivity contribution >= 4 is 5.97 Å². The molecule has 3 rings (SSSR count). The van der Waals surface area contributed by atoms with Crippen LogP contribution in [0.2, 0.25) is 0 Å². The van der Waals surface area contributed by atoms with Crippen LogP contribution in [0.15, 0.2) is 18.2 Å². The quantitative estimate of drug-likeness (QED) is 0.813. The zero-order valence-corrected chi connectivity index (χ0v) is 10.6. The summed E-state index contributed by atoms with van der Waals surface area (Å²) in [6.07, 6.45) is 5.51. The fourth-order valence-corrected chi connectivity index (χ4v) is 2.94. The minimum absolute atomic E-state index is 0.124. The second-order valence-electron chi connectivity index (χ2n) is 5.18. The first-order chi connectivity index (χ1) is 8.84. The molecule has 3 nitrogen and oxygen atoms in total. The SMILES string of the molecule is O=C(OC1CCCC1)c1cccc2c1CCNC2. The number of carbonyl (C=O) groups excluding carboxylic acids is 1. The Morgan fingerprint density at radius 1 is 1.28 bits per heavy atom. The number of ether oxygens (including phenoxy) is 1. The van der Waals surface area contributed by atoms with Crippen molar-refractivity contribution in [3.8, 4) is 0 Å². The fourth-order valence-electron chi connectivity index (χ4n) is 2.94. The normalized spacial score (nSPS) is 19.6. The largest absolute Gasteiger partial charge is 0.459 e. The van der Waals surface area contributed by atoms with Crippen LogP contribution < -0.4 is 5.32 Å². The summed E-state index contributed by atoms with van der Waals surface area (Å²) in [5, 5.41) is 3.33. The van der Waals surface area contributed by atoms with E-state index in [1.165, 1.54) is 24.0 Å². The highest BCUT2D eigenvalue weighted by atomic mass is 16.5. The van der Waals surface area contributed by atoms with Gasteiger partial charge in [-0.15, -0.1) is 0 Å². The van der Waals surface area contributed by atoms with Crippen LogP contribution in [0.4, 0.5) is 0 Å². The van der Waals surface area contributed by atoms with Crippen molar-refractivity contribution in [2.75, 3.05) is 6.54 Å². The number of hydrogen-bond acceptors (Lipinski definition) is 3. The Hall–Kier alpha value is -1.35. The Labute approximate surface area is 108 Å². The number of fused-ring (bicyclic) bond motifs is 1. The maximum Gasteiger partial charge on any atom is 0.338 e. The highest BCUT2D eigenvalue weighted by molar-refractivity contribution is 5.91. The third kappa shape index (κ3) is 2.27. The van der Waals surface area contributed by atoms with Crippen LogP contribution in [0.5, 0.6) is 0 Å². The summed E-state index contributed by atoms with van der Waals surface area (Å²) in [6, 6.07) is 5.95. The number of carbonyl (C=O) groups is 1. The van der Waals surface area contributed by atoms with Crippen molar-refractivity contribution in [3.63, 3.8) is 0 Å². The first kappa shape index (κ1) is 11.7. The molecule has 3 heteroatoms. The van der Waals surface area contributed by atoms with Crippen LogP contribution in [-0.4, -0.2) is 18.6 Å². The topological polar surface area (TPSA) is 38.3 Å². The van der Waals surface area contributed by atoms with Gasteiger partial charge in [-0.2, -0.15) is 0 Å². The molecule has 96 valence electrons. The third-order valence-electron chi connectivity index (χ3n) is 3.94. The van der Waals surface area contributed by atoms with Crippen LogP contribution in [0, 0.1) is 0 Å². The molecule has 0 aromatic heterocycles. The zero-order valence-electron chi connectivity index (χ0n) is 10.6. The van der Waals surface area contributed by atoms with E-state index in [1.54, 1.807) is 0 Å². The second kappa shape index (κ2) is 5.11. The number of nitrogens with one attached hydrogen (secondary N) is 1. The molecular weight excluding hydrogens is 226 g/mol. The van der Waals surface area contributed by atoms with Crippen molar-refractivity contribution in [2.45, 2.75) is 44.8 Å². The van der Waals surface area contributed by atoms with Crippen molar-refractivity contribution in [1.82, 2.24) is 5.32 Å². The van der Waals surface area contributed by atoms with Crippen LogP contribution in [0.25, 0.3) is 0 Å². The molecule has 1 heterocycles. The standard InChI is InChI=1S/C15H19NO2/c17-15(18-12-5-1-2-6-12)14-7-3-4-11-10-16-9-8-13(11)14/h3-4,7,12,16H,1-2,5-6,8-10H2. The van der Waals surface area contributed by atoms with Gasteiger partial charge in [-0.1, -0.05) is 12.1 Å². The maximum absolute atomic E-state index is 12.2. The van der Waals surface area contributed by atoms with E-state index >= 15 is 0 Å². The summed E-state index contributed by atoms with van der Waals surface area (Å²) < 4.78 is 5.60. The molecule has 1 fully saturated rings. The molecule has 1 aliphatic carbocycles. The monoisotopic (exact) mass is 245 g/mol. The van der Waals surface area contributed by atoms with Crippen LogP contribution in [0.1, 0.15) is 47.2 Å². The van der Waals surface area contributed by atoms with Gasteiger partial charge < -0.3 is 10.1 Å². The minimum atomic E-state index is -0.124. The summed E-state index contributed by atoms with van der Waals surface area (Å²) in [6.45, 7) is 1.81. The molecule has 0 radical (unpaired) electrons. The average Bonchev–Trinajstić information content (AvgIpc) is 2.91. The van der Waals surface area contributed by atoms with Gasteiger partial charge in [-0.25, -0.2) is 4.79 Å². The summed E-state index contributed by atoms with van der Waals surface area (Å²) in [5.41, 5.74) is 3.20. The van der Waals surface area contributed by atoms with E-state index in [1.807, 2.05) is 12.1 Å². The molecule has 0 saturated heterocycles. The van der Waals surface area contributed by atoms with E-state index in [4.69, 9.17) is 4.74 Å². The van der Waals surface area contributed by atoms with Gasteiger partial charge >= 0.3 is 5.97 Å². The Bertz CT molecular complexity index is 450. The molecule has 0 amide bonds. The Morgan fingerprint density at radius 3 is 2.94 bits per heavy atom. The lowest BCUT2D eigenvalue weighted by Gasteiger charge is -2.20. The van der Waals surface area contributed by atoms with Crippen LogP contribution in [0.3, 0.4) is 0 Å². The van der Waals surface area contributed by atoms with Gasteiger partial charge in [0.2, 0.25) is 0 Å². The fraction of sp³-hybridized carbons (Fsp3) is 0.533. The van der Waals surface area contributed by atoms with E-state index in [-0.39, 0.29) is 12.1 Å². The average molecular weight is 245 g/mol. The lowest BCUT2D eigenvalue weighted by atomic mass is 9.95. The second-order valence-corrected chi connectivity index (χ2v) is 5.18. The molecular formula is C15H19NO2.